The number of nitrogens with one attached hydrogen (secondary N) is 1. The first-order valence-corrected chi connectivity index (χ1v) is 4.26. The van der Waals surface area contributed by atoms with Crippen molar-refractivity contribution in [3.8, 4) is 0 Å². The summed E-state index contributed by atoms with van der Waals surface area (Å²) >= 11 is 0. The average molecular weight is 141 g/mol. The molecule has 1 saturated heterocycles. The Morgan fingerprint density at radius 3 is 2.20 bits per heavy atom. The topological polar surface area (TPSA) is 12.0 Å². The highest BCUT2D eigenvalue weighted by atomic mass is 15.0. The molecule has 0 saturated carbocycles. The molecular formula is C9H19N. The lowest BCUT2D eigenvalue weighted by Crippen LogP contribution is -2.59. The molecular weight excluding hydrogens is 122 g/mol. The Kier molecular flexibility index (Phi) is 2.04. The summed E-state index contributed by atoms with van der Waals surface area (Å²) in [7, 11) is 0. The van der Waals surface area contributed by atoms with Crippen LogP contribution in [0, 0.1) is 11.3 Å². The van der Waals surface area contributed by atoms with Gasteiger partial charge in [0, 0.05) is 12.6 Å². The van der Waals surface area contributed by atoms with E-state index >= 15 is 0 Å². The van der Waals surface area contributed by atoms with E-state index in [1.807, 2.05) is 0 Å². The summed E-state index contributed by atoms with van der Waals surface area (Å²) in [5, 5.41) is 3.47. The van der Waals surface area contributed by atoms with Crippen molar-refractivity contribution in [2.75, 3.05) is 6.54 Å². The largest absolute Gasteiger partial charge is 0.313 e. The highest BCUT2D eigenvalue weighted by molar-refractivity contribution is 4.95. The molecule has 10 heavy (non-hydrogen) atoms. The zero-order valence-corrected chi connectivity index (χ0v) is 7.57. The van der Waals surface area contributed by atoms with Crippen LogP contribution in [0.3, 0.4) is 0 Å². The van der Waals surface area contributed by atoms with E-state index in [0.29, 0.717) is 5.41 Å². The van der Waals surface area contributed by atoms with E-state index in [4.69, 9.17) is 0 Å². The summed E-state index contributed by atoms with van der Waals surface area (Å²) in [6, 6.07) is 0.771. The van der Waals surface area contributed by atoms with E-state index < -0.39 is 0 Å². The van der Waals surface area contributed by atoms with Crippen molar-refractivity contribution < 1.29 is 0 Å². The summed E-state index contributed by atoms with van der Waals surface area (Å²) < 4.78 is 0. The fourth-order valence-electron chi connectivity index (χ4n) is 1.53. The Morgan fingerprint density at radius 2 is 2.10 bits per heavy atom. The van der Waals surface area contributed by atoms with Crippen LogP contribution in [0.4, 0.5) is 0 Å². The first kappa shape index (κ1) is 8.06. The molecule has 1 N–H and O–H groups in total. The van der Waals surface area contributed by atoms with Gasteiger partial charge in [0.1, 0.15) is 0 Å². The molecule has 1 atom stereocenters. The summed E-state index contributed by atoms with van der Waals surface area (Å²) in [6.45, 7) is 10.5. The number of rotatable bonds is 2. The Labute approximate surface area is 64.2 Å². The fraction of sp³-hybridized carbons (Fsp3) is 1.00. The summed E-state index contributed by atoms with van der Waals surface area (Å²) in [5.41, 5.74) is 0.560. The van der Waals surface area contributed by atoms with Crippen molar-refractivity contribution in [3.63, 3.8) is 0 Å². The molecule has 1 heteroatoms. The van der Waals surface area contributed by atoms with Crippen molar-refractivity contribution in [1.29, 1.82) is 0 Å². The minimum absolute atomic E-state index is 0.560. The van der Waals surface area contributed by atoms with Gasteiger partial charge >= 0.3 is 0 Å². The van der Waals surface area contributed by atoms with E-state index in [2.05, 4.69) is 33.0 Å². The highest BCUT2D eigenvalue weighted by Gasteiger charge is 2.37. The number of hydrogen-bond acceptors (Lipinski definition) is 1. The fourth-order valence-corrected chi connectivity index (χ4v) is 1.53. The lowest BCUT2D eigenvalue weighted by molar-refractivity contribution is 0.108. The lowest BCUT2D eigenvalue weighted by atomic mass is 9.74. The second kappa shape index (κ2) is 2.54. The summed E-state index contributed by atoms with van der Waals surface area (Å²) in [6.07, 6.45) is 1.33. The van der Waals surface area contributed by atoms with E-state index in [9.17, 15) is 0 Å². The molecule has 1 aliphatic rings. The molecule has 1 nitrogen and oxygen atoms in total. The monoisotopic (exact) mass is 141 g/mol. The van der Waals surface area contributed by atoms with Gasteiger partial charge in [-0.05, 0) is 17.8 Å². The van der Waals surface area contributed by atoms with Gasteiger partial charge in [-0.25, -0.2) is 0 Å². The van der Waals surface area contributed by atoms with Gasteiger partial charge < -0.3 is 5.32 Å². The molecule has 1 rings (SSSR count). The van der Waals surface area contributed by atoms with Crippen molar-refractivity contribution in [2.24, 2.45) is 11.3 Å². The SMILES string of the molecule is CC(C)CC1NCC1(C)C. The molecule has 0 aromatic carbocycles. The normalized spacial score (nSPS) is 30.3. The van der Waals surface area contributed by atoms with Gasteiger partial charge in [0.05, 0.1) is 0 Å². The zero-order chi connectivity index (χ0) is 7.78. The third-order valence-corrected chi connectivity index (χ3v) is 2.45. The van der Waals surface area contributed by atoms with Gasteiger partial charge in [0.25, 0.3) is 0 Å². The van der Waals surface area contributed by atoms with Crippen molar-refractivity contribution in [2.45, 2.75) is 40.2 Å². The predicted molar refractivity (Wildman–Crippen MR) is 45.0 cm³/mol. The van der Waals surface area contributed by atoms with Gasteiger partial charge in [0.15, 0.2) is 0 Å². The maximum absolute atomic E-state index is 3.47. The molecule has 0 amide bonds. The van der Waals surface area contributed by atoms with Crippen LogP contribution < -0.4 is 5.32 Å². The Bertz CT molecular complexity index is 116. The molecule has 0 aliphatic carbocycles. The van der Waals surface area contributed by atoms with Crippen LogP contribution in [0.1, 0.15) is 34.1 Å². The first-order chi connectivity index (χ1) is 4.52. The summed E-state index contributed by atoms with van der Waals surface area (Å²) in [5.74, 6) is 0.831. The van der Waals surface area contributed by atoms with E-state index in [0.717, 1.165) is 12.0 Å². The molecule has 1 fully saturated rings. The van der Waals surface area contributed by atoms with Gasteiger partial charge in [-0.1, -0.05) is 27.7 Å². The van der Waals surface area contributed by atoms with Crippen LogP contribution in [0.25, 0.3) is 0 Å². The van der Waals surface area contributed by atoms with Crippen LogP contribution >= 0.6 is 0 Å². The third kappa shape index (κ3) is 1.51. The molecule has 1 aliphatic heterocycles. The molecule has 1 heterocycles. The van der Waals surface area contributed by atoms with Crippen LogP contribution in [0.5, 0.6) is 0 Å². The molecule has 0 spiro atoms. The zero-order valence-electron chi connectivity index (χ0n) is 7.57. The highest BCUT2D eigenvalue weighted by Crippen LogP contribution is 2.31. The van der Waals surface area contributed by atoms with Crippen LogP contribution in [0.15, 0.2) is 0 Å². The van der Waals surface area contributed by atoms with Gasteiger partial charge in [0.2, 0.25) is 0 Å². The van der Waals surface area contributed by atoms with E-state index in [-0.39, 0.29) is 0 Å². The van der Waals surface area contributed by atoms with Gasteiger partial charge in [-0.2, -0.15) is 0 Å². The van der Waals surface area contributed by atoms with Crippen molar-refractivity contribution in [1.82, 2.24) is 5.32 Å². The molecule has 1 unspecified atom stereocenters. The van der Waals surface area contributed by atoms with Crippen LogP contribution in [-0.2, 0) is 0 Å². The summed E-state index contributed by atoms with van der Waals surface area (Å²) in [4.78, 5) is 0. The number of hydrogen-bond donors (Lipinski definition) is 1. The second-order valence-corrected chi connectivity index (χ2v) is 4.55. The van der Waals surface area contributed by atoms with E-state index in [1.165, 1.54) is 13.0 Å². The lowest BCUT2D eigenvalue weighted by Gasteiger charge is -2.46. The van der Waals surface area contributed by atoms with E-state index in [1.54, 1.807) is 0 Å². The predicted octanol–water partition coefficient (Wildman–Crippen LogP) is 2.03. The minimum Gasteiger partial charge on any atom is -0.313 e. The standard InChI is InChI=1S/C9H19N/c1-7(2)5-8-9(3,4)6-10-8/h7-8,10H,5-6H2,1-4H3. The van der Waals surface area contributed by atoms with Gasteiger partial charge in [-0.15, -0.1) is 0 Å². The smallest absolute Gasteiger partial charge is 0.0133 e. The third-order valence-electron chi connectivity index (χ3n) is 2.45. The molecule has 60 valence electrons. The molecule has 0 radical (unpaired) electrons. The van der Waals surface area contributed by atoms with Crippen LogP contribution in [-0.4, -0.2) is 12.6 Å². The second-order valence-electron chi connectivity index (χ2n) is 4.55. The average Bonchev–Trinajstić information content (AvgIpc) is 1.81. The maximum atomic E-state index is 3.47. The Balaban J connectivity index is 2.30. The Morgan fingerprint density at radius 1 is 1.50 bits per heavy atom. The quantitative estimate of drug-likeness (QED) is 0.620. The van der Waals surface area contributed by atoms with Crippen molar-refractivity contribution >= 4 is 0 Å². The Hall–Kier alpha value is -0.0400. The molecule has 0 aromatic heterocycles. The molecule has 0 aromatic rings. The molecule has 0 bridgehead atoms. The minimum atomic E-state index is 0.560. The van der Waals surface area contributed by atoms with Crippen molar-refractivity contribution in [3.05, 3.63) is 0 Å². The van der Waals surface area contributed by atoms with Crippen LogP contribution in [0.2, 0.25) is 0 Å². The maximum Gasteiger partial charge on any atom is 0.0133 e. The van der Waals surface area contributed by atoms with Gasteiger partial charge in [-0.3, -0.25) is 0 Å². The first-order valence-electron chi connectivity index (χ1n) is 4.26.